The number of piperazine rings is 1. The minimum Gasteiger partial charge on any atom is -0.493 e. The third-order valence-electron chi connectivity index (χ3n) is 4.75. The molecule has 1 heterocycles. The Kier molecular flexibility index (Phi) is 9.32. The van der Waals surface area contributed by atoms with Crippen LogP contribution in [0.5, 0.6) is 11.5 Å². The summed E-state index contributed by atoms with van der Waals surface area (Å²) in [6.07, 6.45) is 0.539. The largest absolute Gasteiger partial charge is 0.493 e. The number of ether oxygens (including phenoxy) is 3. The second-order valence-electron chi connectivity index (χ2n) is 9.07. The van der Waals surface area contributed by atoms with E-state index in [1.807, 2.05) is 34.9 Å². The van der Waals surface area contributed by atoms with E-state index in [-0.39, 0.29) is 12.7 Å². The molecule has 1 aliphatic rings. The van der Waals surface area contributed by atoms with E-state index in [1.54, 1.807) is 28.3 Å². The molecular weight excluding hydrogens is 426 g/mol. The van der Waals surface area contributed by atoms with Gasteiger partial charge < -0.3 is 29.1 Å². The molecule has 1 amide bonds. The average Bonchev–Trinajstić information content (AvgIpc) is 2.75. The Morgan fingerprint density at radius 3 is 2.48 bits per heavy atom. The number of nitrogens with zero attached hydrogens (tertiary/aromatic N) is 5. The lowest BCUT2D eigenvalue weighted by atomic mass is 10.1. The highest BCUT2D eigenvalue weighted by Gasteiger charge is 2.26. The lowest BCUT2D eigenvalue weighted by molar-refractivity contribution is 0.00706. The van der Waals surface area contributed by atoms with E-state index in [4.69, 9.17) is 14.2 Å². The third kappa shape index (κ3) is 8.44. The van der Waals surface area contributed by atoms with Crippen LogP contribution in [-0.4, -0.2) is 104 Å². The maximum Gasteiger partial charge on any atom is 0.410 e. The Morgan fingerprint density at radius 1 is 1.27 bits per heavy atom. The summed E-state index contributed by atoms with van der Waals surface area (Å²) in [5.74, 6) is 0.796. The molecule has 0 unspecified atom stereocenters. The Morgan fingerprint density at radius 2 is 1.94 bits per heavy atom. The number of carbonyl (C=O) groups excluding carboxylic acids is 1. The molecule has 0 aliphatic carbocycles. The average molecular weight is 462 g/mol. The number of hydrogen-bond acceptors (Lipinski definition) is 8. The summed E-state index contributed by atoms with van der Waals surface area (Å²) in [4.78, 5) is 22.0. The number of rotatable bonds is 8. The van der Waals surface area contributed by atoms with E-state index >= 15 is 0 Å². The standard InChI is InChI=1S/C23H35N5O5/c1-23(2,3)33-22(30)28-9-7-27(8-10-28)14-18(29)15-32-21-12-19(25-16-26(4)5)17(13-24)11-20(21)31-6/h11-12,16,18,29H,7-10,14-15H2,1-6H3/b25-16-/t18-/m0/s1. The van der Waals surface area contributed by atoms with Gasteiger partial charge in [-0.05, 0) is 20.8 Å². The SMILES string of the molecule is COc1cc(C#N)c(/N=C\N(C)C)cc1OC[C@@H](O)CN1CCN(C(=O)OC(C)(C)C)CC1. The number of benzene rings is 1. The van der Waals surface area contributed by atoms with E-state index in [2.05, 4.69) is 16.0 Å². The minimum absolute atomic E-state index is 0.0470. The summed E-state index contributed by atoms with van der Waals surface area (Å²) in [5.41, 5.74) is 0.293. The van der Waals surface area contributed by atoms with Crippen molar-refractivity contribution < 1.29 is 24.1 Å². The maximum atomic E-state index is 12.2. The van der Waals surface area contributed by atoms with Gasteiger partial charge in [0.15, 0.2) is 11.5 Å². The first-order valence-corrected chi connectivity index (χ1v) is 10.9. The molecule has 33 heavy (non-hydrogen) atoms. The second-order valence-corrected chi connectivity index (χ2v) is 9.07. The van der Waals surface area contributed by atoms with Crippen LogP contribution < -0.4 is 9.47 Å². The van der Waals surface area contributed by atoms with E-state index in [0.29, 0.717) is 55.5 Å². The quantitative estimate of drug-likeness (QED) is 0.463. The first-order valence-electron chi connectivity index (χ1n) is 10.9. The molecule has 1 aliphatic heterocycles. The molecule has 0 saturated carbocycles. The van der Waals surface area contributed by atoms with E-state index < -0.39 is 11.7 Å². The van der Waals surface area contributed by atoms with Crippen LogP contribution in [0.4, 0.5) is 10.5 Å². The van der Waals surface area contributed by atoms with Gasteiger partial charge in [0.2, 0.25) is 0 Å². The van der Waals surface area contributed by atoms with Crippen molar-refractivity contribution in [2.75, 3.05) is 60.5 Å². The van der Waals surface area contributed by atoms with Crippen molar-refractivity contribution in [2.45, 2.75) is 32.5 Å². The van der Waals surface area contributed by atoms with E-state index in [9.17, 15) is 15.2 Å². The first-order chi connectivity index (χ1) is 15.5. The lowest BCUT2D eigenvalue weighted by Crippen LogP contribution is -2.51. The number of β-amino-alcohol motifs (C(OH)–C–C–N with tert-alkyl or cyclic N) is 1. The van der Waals surface area contributed by atoms with Crippen molar-refractivity contribution in [3.05, 3.63) is 17.7 Å². The van der Waals surface area contributed by atoms with Gasteiger partial charge in [0.1, 0.15) is 24.4 Å². The molecule has 0 aromatic heterocycles. The Balaban J connectivity index is 1.92. The molecule has 1 aromatic rings. The number of nitriles is 1. The predicted octanol–water partition coefficient (Wildman–Crippen LogP) is 2.08. The fraction of sp³-hybridized carbons (Fsp3) is 0.609. The number of aliphatic imine (C=N–C) groups is 1. The smallest absolute Gasteiger partial charge is 0.410 e. The van der Waals surface area contributed by atoms with Gasteiger partial charge in [-0.15, -0.1) is 0 Å². The van der Waals surface area contributed by atoms with Crippen LogP contribution in [0.3, 0.4) is 0 Å². The fourth-order valence-corrected chi connectivity index (χ4v) is 3.17. The molecule has 1 atom stereocenters. The van der Waals surface area contributed by atoms with Crippen molar-refractivity contribution in [1.82, 2.24) is 14.7 Å². The summed E-state index contributed by atoms with van der Waals surface area (Å²) in [6, 6.07) is 5.30. The van der Waals surface area contributed by atoms with Crippen molar-refractivity contribution in [3.8, 4) is 17.6 Å². The van der Waals surface area contributed by atoms with Crippen LogP contribution in [0.25, 0.3) is 0 Å². The van der Waals surface area contributed by atoms with E-state index in [0.717, 1.165) is 0 Å². The number of aliphatic hydroxyl groups is 1. The van der Waals surface area contributed by atoms with Gasteiger partial charge in [0, 0.05) is 59.0 Å². The number of hydrogen-bond donors (Lipinski definition) is 1. The summed E-state index contributed by atoms with van der Waals surface area (Å²) in [6.45, 7) is 8.35. The summed E-state index contributed by atoms with van der Waals surface area (Å²) < 4.78 is 16.6. The molecule has 182 valence electrons. The zero-order chi connectivity index (χ0) is 24.6. The molecule has 1 fully saturated rings. The molecule has 2 rings (SSSR count). The monoisotopic (exact) mass is 461 g/mol. The zero-order valence-corrected chi connectivity index (χ0v) is 20.4. The number of methoxy groups -OCH3 is 1. The first kappa shape index (κ1) is 26.2. The van der Waals surface area contributed by atoms with Crippen molar-refractivity contribution in [3.63, 3.8) is 0 Å². The topological polar surface area (TPSA) is 111 Å². The molecule has 10 heteroatoms. The Labute approximate surface area is 195 Å². The third-order valence-corrected chi connectivity index (χ3v) is 4.75. The number of amides is 1. The van der Waals surface area contributed by atoms with Crippen LogP contribution in [-0.2, 0) is 4.74 Å². The highest BCUT2D eigenvalue weighted by Crippen LogP contribution is 2.34. The Bertz CT molecular complexity index is 867. The number of carbonyl (C=O) groups is 1. The molecule has 1 N–H and O–H groups in total. The summed E-state index contributed by atoms with van der Waals surface area (Å²) in [7, 11) is 5.16. The minimum atomic E-state index is -0.743. The highest BCUT2D eigenvalue weighted by atomic mass is 16.6. The lowest BCUT2D eigenvalue weighted by Gasteiger charge is -2.36. The van der Waals surface area contributed by atoms with Crippen LogP contribution in [0.1, 0.15) is 26.3 Å². The molecule has 0 radical (unpaired) electrons. The summed E-state index contributed by atoms with van der Waals surface area (Å²) in [5, 5.41) is 19.9. The molecule has 1 aromatic carbocycles. The van der Waals surface area contributed by atoms with Crippen molar-refractivity contribution in [2.24, 2.45) is 4.99 Å². The van der Waals surface area contributed by atoms with Gasteiger partial charge in [0.05, 0.1) is 24.7 Å². The normalized spacial score (nSPS) is 15.8. The zero-order valence-electron chi connectivity index (χ0n) is 20.4. The van der Waals surface area contributed by atoms with Gasteiger partial charge in [0.25, 0.3) is 0 Å². The van der Waals surface area contributed by atoms with Crippen LogP contribution in [0.15, 0.2) is 17.1 Å². The van der Waals surface area contributed by atoms with Gasteiger partial charge in [-0.1, -0.05) is 0 Å². The maximum absolute atomic E-state index is 12.2. The fourth-order valence-electron chi connectivity index (χ4n) is 3.17. The predicted molar refractivity (Wildman–Crippen MR) is 125 cm³/mol. The Hall–Kier alpha value is -3.03. The second kappa shape index (κ2) is 11.7. The van der Waals surface area contributed by atoms with Gasteiger partial charge in [-0.3, -0.25) is 4.90 Å². The van der Waals surface area contributed by atoms with Crippen LogP contribution in [0, 0.1) is 11.3 Å². The molecule has 0 spiro atoms. The number of aliphatic hydroxyl groups excluding tert-OH is 1. The van der Waals surface area contributed by atoms with Gasteiger partial charge in [-0.25, -0.2) is 9.79 Å². The van der Waals surface area contributed by atoms with E-state index in [1.165, 1.54) is 7.11 Å². The molecule has 10 nitrogen and oxygen atoms in total. The molecule has 1 saturated heterocycles. The van der Waals surface area contributed by atoms with Crippen molar-refractivity contribution in [1.29, 1.82) is 5.26 Å². The highest BCUT2D eigenvalue weighted by molar-refractivity contribution is 5.69. The van der Waals surface area contributed by atoms with Crippen molar-refractivity contribution >= 4 is 18.1 Å². The summed E-state index contributed by atoms with van der Waals surface area (Å²) >= 11 is 0. The van der Waals surface area contributed by atoms with Gasteiger partial charge in [-0.2, -0.15) is 5.26 Å². The van der Waals surface area contributed by atoms with Crippen LogP contribution in [0.2, 0.25) is 0 Å². The van der Waals surface area contributed by atoms with Crippen LogP contribution >= 0.6 is 0 Å². The molecule has 0 bridgehead atoms. The van der Waals surface area contributed by atoms with Gasteiger partial charge >= 0.3 is 6.09 Å². The molecular formula is C23H35N5O5.